The monoisotopic (exact) mass is 377 g/mol. The van der Waals surface area contributed by atoms with E-state index in [9.17, 15) is 10.1 Å². The molecular weight excluding hydrogens is 370 g/mol. The summed E-state index contributed by atoms with van der Waals surface area (Å²) >= 11 is 6.66. The van der Waals surface area contributed by atoms with Crippen molar-refractivity contribution < 1.29 is 4.79 Å². The van der Waals surface area contributed by atoms with Crippen LogP contribution in [0, 0.1) is 11.3 Å². The van der Waals surface area contributed by atoms with Gasteiger partial charge < -0.3 is 0 Å². The Morgan fingerprint density at radius 3 is 2.32 bits per heavy atom. The van der Waals surface area contributed by atoms with Gasteiger partial charge in [0.15, 0.2) is 5.78 Å². The minimum atomic E-state index is -0.776. The van der Waals surface area contributed by atoms with E-state index in [-0.39, 0.29) is 5.78 Å². The molecule has 0 amide bonds. The number of ketones is 1. The molecule has 1 unspecified atom stereocenters. The molecule has 2 aromatic rings. The van der Waals surface area contributed by atoms with E-state index in [1.54, 1.807) is 30.3 Å². The molecule has 94 valence electrons. The number of Topliss-reactive ketones (excluding diaryl/α,β-unsaturated/α-hetero) is 1. The number of rotatable bonds is 3. The summed E-state index contributed by atoms with van der Waals surface area (Å²) in [5.41, 5.74) is 1.24. The van der Waals surface area contributed by atoms with Crippen LogP contribution in [0.5, 0.6) is 0 Å². The summed E-state index contributed by atoms with van der Waals surface area (Å²) in [7, 11) is 0. The molecule has 0 aliphatic heterocycles. The number of hydrogen-bond acceptors (Lipinski definition) is 2. The fourth-order valence-corrected chi connectivity index (χ4v) is 2.41. The molecule has 0 spiro atoms. The molecule has 2 aromatic carbocycles. The van der Waals surface area contributed by atoms with Gasteiger partial charge in [0.25, 0.3) is 0 Å². The van der Waals surface area contributed by atoms with E-state index in [0.29, 0.717) is 11.1 Å². The summed E-state index contributed by atoms with van der Waals surface area (Å²) in [5.74, 6) is -0.964. The minimum absolute atomic E-state index is 0.189. The summed E-state index contributed by atoms with van der Waals surface area (Å²) in [6.07, 6.45) is 0. The fraction of sp³-hybridized carbons (Fsp3) is 0.0667. The van der Waals surface area contributed by atoms with Crippen molar-refractivity contribution in [3.63, 3.8) is 0 Å². The Hall–Kier alpha value is -1.44. The average molecular weight is 379 g/mol. The number of nitriles is 1. The molecule has 0 heterocycles. The quantitative estimate of drug-likeness (QED) is 0.726. The lowest BCUT2D eigenvalue weighted by Gasteiger charge is -2.09. The van der Waals surface area contributed by atoms with E-state index in [0.717, 1.165) is 8.95 Å². The Morgan fingerprint density at radius 2 is 1.74 bits per heavy atom. The van der Waals surface area contributed by atoms with Gasteiger partial charge >= 0.3 is 0 Å². The van der Waals surface area contributed by atoms with E-state index in [1.165, 1.54) is 0 Å². The van der Waals surface area contributed by atoms with Crippen molar-refractivity contribution in [2.45, 2.75) is 5.92 Å². The largest absolute Gasteiger partial charge is 0.292 e. The zero-order valence-corrected chi connectivity index (χ0v) is 13.0. The highest BCUT2D eigenvalue weighted by Crippen LogP contribution is 2.23. The molecule has 0 saturated carbocycles. The number of hydrogen-bond donors (Lipinski definition) is 0. The molecule has 0 fully saturated rings. The smallest absolute Gasteiger partial charge is 0.184 e. The second-order valence-electron chi connectivity index (χ2n) is 3.99. The van der Waals surface area contributed by atoms with E-state index < -0.39 is 5.92 Å². The zero-order chi connectivity index (χ0) is 13.8. The predicted octanol–water partition coefficient (Wildman–Crippen LogP) is 4.70. The average Bonchev–Trinajstić information content (AvgIpc) is 2.41. The van der Waals surface area contributed by atoms with Gasteiger partial charge in [-0.15, -0.1) is 0 Å². The Balaban J connectivity index is 2.35. The highest BCUT2D eigenvalue weighted by Gasteiger charge is 2.21. The van der Waals surface area contributed by atoms with Crippen molar-refractivity contribution in [3.8, 4) is 6.07 Å². The molecule has 1 atom stereocenters. The number of carbonyl (C=O) groups is 1. The van der Waals surface area contributed by atoms with Crippen LogP contribution in [-0.4, -0.2) is 5.78 Å². The standard InChI is InChI=1S/C15H9Br2NO/c16-12-6-4-10(5-7-12)14(9-18)15(19)11-2-1-3-13(17)8-11/h1-8,14H. The van der Waals surface area contributed by atoms with E-state index >= 15 is 0 Å². The van der Waals surface area contributed by atoms with Crippen LogP contribution in [-0.2, 0) is 0 Å². The van der Waals surface area contributed by atoms with Gasteiger partial charge in [0.1, 0.15) is 5.92 Å². The maximum atomic E-state index is 12.4. The predicted molar refractivity (Wildman–Crippen MR) is 81.0 cm³/mol. The Bertz CT molecular complexity index is 644. The van der Waals surface area contributed by atoms with Crippen molar-refractivity contribution in [1.29, 1.82) is 5.26 Å². The van der Waals surface area contributed by atoms with Crippen molar-refractivity contribution in [2.75, 3.05) is 0 Å². The van der Waals surface area contributed by atoms with E-state index in [2.05, 4.69) is 37.9 Å². The van der Waals surface area contributed by atoms with Crippen LogP contribution in [0.3, 0.4) is 0 Å². The Morgan fingerprint density at radius 1 is 1.05 bits per heavy atom. The Labute approximate surface area is 128 Å². The van der Waals surface area contributed by atoms with Crippen LogP contribution in [0.2, 0.25) is 0 Å². The maximum Gasteiger partial charge on any atom is 0.184 e. The number of benzene rings is 2. The highest BCUT2D eigenvalue weighted by molar-refractivity contribution is 9.10. The minimum Gasteiger partial charge on any atom is -0.292 e. The highest BCUT2D eigenvalue weighted by atomic mass is 79.9. The normalized spacial score (nSPS) is 11.6. The first kappa shape index (κ1) is 14.0. The van der Waals surface area contributed by atoms with Crippen LogP contribution in [0.25, 0.3) is 0 Å². The summed E-state index contributed by atoms with van der Waals surface area (Å²) in [6, 6.07) is 16.4. The lowest BCUT2D eigenvalue weighted by atomic mass is 9.92. The van der Waals surface area contributed by atoms with Gasteiger partial charge in [0.2, 0.25) is 0 Å². The molecule has 0 saturated heterocycles. The third-order valence-electron chi connectivity index (χ3n) is 2.70. The molecule has 19 heavy (non-hydrogen) atoms. The molecule has 0 aliphatic carbocycles. The maximum absolute atomic E-state index is 12.4. The molecule has 0 aromatic heterocycles. The van der Waals surface area contributed by atoms with Gasteiger partial charge in [-0.05, 0) is 29.8 Å². The first-order valence-corrected chi connectivity index (χ1v) is 7.15. The van der Waals surface area contributed by atoms with Gasteiger partial charge in [-0.25, -0.2) is 0 Å². The molecule has 0 aliphatic rings. The van der Waals surface area contributed by atoms with Crippen LogP contribution < -0.4 is 0 Å². The molecule has 2 rings (SSSR count). The SMILES string of the molecule is N#CC(C(=O)c1cccc(Br)c1)c1ccc(Br)cc1. The van der Waals surface area contributed by atoms with Gasteiger partial charge in [0, 0.05) is 14.5 Å². The summed E-state index contributed by atoms with van der Waals surface area (Å²) in [5, 5.41) is 9.26. The van der Waals surface area contributed by atoms with Crippen LogP contribution in [0.15, 0.2) is 57.5 Å². The van der Waals surface area contributed by atoms with Crippen molar-refractivity contribution in [2.24, 2.45) is 0 Å². The fourth-order valence-electron chi connectivity index (χ4n) is 1.75. The van der Waals surface area contributed by atoms with Crippen molar-refractivity contribution in [3.05, 3.63) is 68.6 Å². The Kier molecular flexibility index (Phi) is 4.52. The van der Waals surface area contributed by atoms with Gasteiger partial charge in [-0.1, -0.05) is 56.1 Å². The van der Waals surface area contributed by atoms with Crippen LogP contribution >= 0.6 is 31.9 Å². The zero-order valence-electron chi connectivity index (χ0n) is 9.81. The summed E-state index contributed by atoms with van der Waals surface area (Å²) in [4.78, 5) is 12.4. The second kappa shape index (κ2) is 6.14. The topological polar surface area (TPSA) is 40.9 Å². The summed E-state index contributed by atoms with van der Waals surface area (Å²) in [6.45, 7) is 0. The van der Waals surface area contributed by atoms with Crippen molar-refractivity contribution >= 4 is 37.6 Å². The molecule has 0 N–H and O–H groups in total. The van der Waals surface area contributed by atoms with Gasteiger partial charge in [-0.3, -0.25) is 4.79 Å². The third kappa shape index (κ3) is 3.31. The third-order valence-corrected chi connectivity index (χ3v) is 3.73. The van der Waals surface area contributed by atoms with E-state index in [1.807, 2.05) is 18.2 Å². The number of halogens is 2. The van der Waals surface area contributed by atoms with E-state index in [4.69, 9.17) is 0 Å². The lowest BCUT2D eigenvalue weighted by Crippen LogP contribution is -2.11. The van der Waals surface area contributed by atoms with Gasteiger partial charge in [-0.2, -0.15) is 5.26 Å². The first-order valence-electron chi connectivity index (χ1n) is 5.56. The van der Waals surface area contributed by atoms with Crippen molar-refractivity contribution in [1.82, 2.24) is 0 Å². The molecule has 0 bridgehead atoms. The lowest BCUT2D eigenvalue weighted by molar-refractivity contribution is 0.0979. The first-order chi connectivity index (χ1) is 9.11. The van der Waals surface area contributed by atoms with Crippen LogP contribution in [0.4, 0.5) is 0 Å². The molecule has 0 radical (unpaired) electrons. The number of carbonyl (C=O) groups excluding carboxylic acids is 1. The molecule has 2 nitrogen and oxygen atoms in total. The second-order valence-corrected chi connectivity index (χ2v) is 5.82. The van der Waals surface area contributed by atoms with Gasteiger partial charge in [0.05, 0.1) is 6.07 Å². The van der Waals surface area contributed by atoms with Crippen LogP contribution in [0.1, 0.15) is 21.8 Å². The molecule has 4 heteroatoms. The molecular formula is C15H9Br2NO. The number of nitrogens with zero attached hydrogens (tertiary/aromatic N) is 1. The summed E-state index contributed by atoms with van der Waals surface area (Å²) < 4.78 is 1.74.